The van der Waals surface area contributed by atoms with E-state index in [1.807, 2.05) is 0 Å². The maximum atomic E-state index is 12.5. The van der Waals surface area contributed by atoms with Gasteiger partial charge in [0.25, 0.3) is 0 Å². The zero-order valence-electron chi connectivity index (χ0n) is 9.04. The van der Waals surface area contributed by atoms with E-state index in [0.29, 0.717) is 0 Å². The molecule has 0 saturated carbocycles. The average molecular weight is 250 g/mol. The summed E-state index contributed by atoms with van der Waals surface area (Å²) in [6.45, 7) is -1.06. The van der Waals surface area contributed by atoms with Crippen molar-refractivity contribution in [2.75, 3.05) is 13.1 Å². The smallest absolute Gasteiger partial charge is 0.319 e. The van der Waals surface area contributed by atoms with Crippen molar-refractivity contribution in [2.24, 2.45) is 5.73 Å². The van der Waals surface area contributed by atoms with Crippen LogP contribution in [-0.4, -0.2) is 25.4 Å². The first kappa shape index (κ1) is 13.9. The molecule has 1 aromatic carbocycles. The Hall–Kier alpha value is -1.14. The fourth-order valence-electron chi connectivity index (χ4n) is 1.29. The van der Waals surface area contributed by atoms with Crippen molar-refractivity contribution in [1.29, 1.82) is 0 Å². The third-order valence-electron chi connectivity index (χ3n) is 2.27. The van der Waals surface area contributed by atoms with Crippen molar-refractivity contribution in [1.82, 2.24) is 5.32 Å². The molecule has 1 rings (SSSR count). The second kappa shape index (κ2) is 5.97. The van der Waals surface area contributed by atoms with Gasteiger partial charge in [-0.15, -0.1) is 0 Å². The number of halogens is 4. The van der Waals surface area contributed by atoms with Crippen LogP contribution in [0.25, 0.3) is 0 Å². The first-order valence-corrected chi connectivity index (χ1v) is 5.10. The summed E-state index contributed by atoms with van der Waals surface area (Å²) in [6.07, 6.45) is -3.66. The molecule has 0 heterocycles. The molecule has 2 nitrogen and oxygen atoms in total. The Morgan fingerprint density at radius 1 is 1.18 bits per heavy atom. The minimum Gasteiger partial charge on any atom is -0.323 e. The zero-order chi connectivity index (χ0) is 12.9. The van der Waals surface area contributed by atoms with Crippen molar-refractivity contribution in [2.45, 2.75) is 18.4 Å². The standard InChI is InChI=1S/C11H14F4N2/c12-10(13)11(14,15)7-17-6-9(16)8-4-2-1-3-5-8/h1-5,9-10,17H,6-7,16H2. The van der Waals surface area contributed by atoms with Crippen molar-refractivity contribution < 1.29 is 17.6 Å². The predicted molar refractivity (Wildman–Crippen MR) is 57.2 cm³/mol. The van der Waals surface area contributed by atoms with Gasteiger partial charge in [0.15, 0.2) is 0 Å². The van der Waals surface area contributed by atoms with E-state index in [1.54, 1.807) is 30.3 Å². The number of nitrogens with one attached hydrogen (secondary N) is 1. The molecule has 0 spiro atoms. The fourth-order valence-corrected chi connectivity index (χ4v) is 1.29. The van der Waals surface area contributed by atoms with E-state index in [2.05, 4.69) is 5.32 Å². The number of nitrogens with two attached hydrogens (primary N) is 1. The Morgan fingerprint density at radius 2 is 1.76 bits per heavy atom. The highest BCUT2D eigenvalue weighted by molar-refractivity contribution is 5.18. The highest BCUT2D eigenvalue weighted by Crippen LogP contribution is 2.21. The molecule has 0 bridgehead atoms. The molecule has 1 aromatic rings. The highest BCUT2D eigenvalue weighted by Gasteiger charge is 2.40. The van der Waals surface area contributed by atoms with Crippen LogP contribution in [0.5, 0.6) is 0 Å². The summed E-state index contributed by atoms with van der Waals surface area (Å²) < 4.78 is 48.8. The fraction of sp³-hybridized carbons (Fsp3) is 0.455. The summed E-state index contributed by atoms with van der Waals surface area (Å²) >= 11 is 0. The molecule has 1 unspecified atom stereocenters. The van der Waals surface area contributed by atoms with E-state index in [0.717, 1.165) is 5.56 Å². The van der Waals surface area contributed by atoms with Gasteiger partial charge in [0.1, 0.15) is 0 Å². The summed E-state index contributed by atoms with van der Waals surface area (Å²) in [5, 5.41) is 2.25. The molecule has 0 radical (unpaired) electrons. The van der Waals surface area contributed by atoms with Crippen molar-refractivity contribution in [3.8, 4) is 0 Å². The van der Waals surface area contributed by atoms with Crippen LogP contribution in [0.1, 0.15) is 11.6 Å². The van der Waals surface area contributed by atoms with Crippen LogP contribution >= 0.6 is 0 Å². The maximum Gasteiger partial charge on any atom is 0.319 e. The zero-order valence-corrected chi connectivity index (χ0v) is 9.04. The van der Waals surface area contributed by atoms with Crippen LogP contribution in [0.4, 0.5) is 17.6 Å². The first-order valence-electron chi connectivity index (χ1n) is 5.10. The van der Waals surface area contributed by atoms with Gasteiger partial charge >= 0.3 is 12.3 Å². The van der Waals surface area contributed by atoms with E-state index in [4.69, 9.17) is 5.73 Å². The minimum atomic E-state index is -4.02. The molecule has 0 aliphatic carbocycles. The molecule has 96 valence electrons. The van der Waals surface area contributed by atoms with Crippen molar-refractivity contribution in [3.63, 3.8) is 0 Å². The van der Waals surface area contributed by atoms with Crippen molar-refractivity contribution in [3.05, 3.63) is 35.9 Å². The SMILES string of the molecule is NC(CNCC(F)(F)C(F)F)c1ccccc1. The molecule has 0 fully saturated rings. The lowest BCUT2D eigenvalue weighted by Crippen LogP contribution is -2.41. The Labute approximate surface area is 96.8 Å². The van der Waals surface area contributed by atoms with Crippen LogP contribution in [0.2, 0.25) is 0 Å². The summed E-state index contributed by atoms with van der Waals surface area (Å²) in [5.41, 5.74) is 6.47. The molecular weight excluding hydrogens is 236 g/mol. The van der Waals surface area contributed by atoms with E-state index in [-0.39, 0.29) is 6.54 Å². The predicted octanol–water partition coefficient (Wildman–Crippen LogP) is 2.18. The van der Waals surface area contributed by atoms with Gasteiger partial charge in [-0.3, -0.25) is 0 Å². The average Bonchev–Trinajstić information content (AvgIpc) is 2.29. The molecule has 0 amide bonds. The largest absolute Gasteiger partial charge is 0.323 e. The molecule has 3 N–H and O–H groups in total. The van der Waals surface area contributed by atoms with Gasteiger partial charge in [-0.25, -0.2) is 8.78 Å². The van der Waals surface area contributed by atoms with Crippen LogP contribution in [0, 0.1) is 0 Å². The minimum absolute atomic E-state index is 0.0202. The number of hydrogen-bond donors (Lipinski definition) is 2. The lowest BCUT2D eigenvalue weighted by molar-refractivity contribution is -0.125. The Balaban J connectivity index is 2.37. The monoisotopic (exact) mass is 250 g/mol. The lowest BCUT2D eigenvalue weighted by Gasteiger charge is -2.18. The van der Waals surface area contributed by atoms with E-state index in [1.165, 1.54) is 0 Å². The topological polar surface area (TPSA) is 38.0 Å². The summed E-state index contributed by atoms with van der Waals surface area (Å²) in [6, 6.07) is 8.33. The normalized spacial score (nSPS) is 14.0. The summed E-state index contributed by atoms with van der Waals surface area (Å²) in [5.74, 6) is -4.02. The van der Waals surface area contributed by atoms with Gasteiger partial charge in [0.2, 0.25) is 0 Å². The Morgan fingerprint density at radius 3 is 2.29 bits per heavy atom. The van der Waals surface area contributed by atoms with Crippen LogP contribution < -0.4 is 11.1 Å². The molecule has 1 atom stereocenters. The third-order valence-corrected chi connectivity index (χ3v) is 2.27. The second-order valence-electron chi connectivity index (χ2n) is 3.71. The molecule has 0 saturated heterocycles. The quantitative estimate of drug-likeness (QED) is 0.759. The molecule has 17 heavy (non-hydrogen) atoms. The Kier molecular flexibility index (Phi) is 4.89. The lowest BCUT2D eigenvalue weighted by atomic mass is 10.1. The van der Waals surface area contributed by atoms with Crippen LogP contribution in [0.3, 0.4) is 0 Å². The van der Waals surface area contributed by atoms with Gasteiger partial charge in [0, 0.05) is 12.6 Å². The number of rotatable bonds is 6. The molecule has 0 aromatic heterocycles. The highest BCUT2D eigenvalue weighted by atomic mass is 19.3. The second-order valence-corrected chi connectivity index (χ2v) is 3.71. The maximum absolute atomic E-state index is 12.5. The molecular formula is C11H14F4N2. The van der Waals surface area contributed by atoms with Crippen LogP contribution in [-0.2, 0) is 0 Å². The molecule has 0 aliphatic heterocycles. The summed E-state index contributed by atoms with van der Waals surface area (Å²) in [7, 11) is 0. The van der Waals surface area contributed by atoms with E-state index >= 15 is 0 Å². The van der Waals surface area contributed by atoms with Crippen LogP contribution in [0.15, 0.2) is 30.3 Å². The number of hydrogen-bond acceptors (Lipinski definition) is 2. The first-order chi connectivity index (χ1) is 7.93. The third kappa shape index (κ3) is 4.32. The van der Waals surface area contributed by atoms with E-state index in [9.17, 15) is 17.6 Å². The van der Waals surface area contributed by atoms with Crippen molar-refractivity contribution >= 4 is 0 Å². The number of benzene rings is 1. The summed E-state index contributed by atoms with van der Waals surface area (Å²) in [4.78, 5) is 0. The van der Waals surface area contributed by atoms with Gasteiger partial charge in [-0.2, -0.15) is 8.78 Å². The molecule has 6 heteroatoms. The van der Waals surface area contributed by atoms with E-state index < -0.39 is 24.9 Å². The van der Waals surface area contributed by atoms with Gasteiger partial charge in [-0.05, 0) is 5.56 Å². The van der Waals surface area contributed by atoms with Gasteiger partial charge < -0.3 is 11.1 Å². The van der Waals surface area contributed by atoms with Gasteiger partial charge in [-0.1, -0.05) is 30.3 Å². The van der Waals surface area contributed by atoms with Gasteiger partial charge in [0.05, 0.1) is 6.54 Å². The molecule has 0 aliphatic rings. The Bertz CT molecular complexity index is 330. The number of alkyl halides is 4.